The SMILES string of the molecule is CC(C)n1ccn(CCOCCCl)c1=O. The van der Waals surface area contributed by atoms with Crippen LogP contribution < -0.4 is 5.69 Å². The topological polar surface area (TPSA) is 36.2 Å². The van der Waals surface area contributed by atoms with E-state index in [-0.39, 0.29) is 11.7 Å². The van der Waals surface area contributed by atoms with Crippen LogP contribution in [0.15, 0.2) is 17.2 Å². The highest BCUT2D eigenvalue weighted by molar-refractivity contribution is 6.17. The summed E-state index contributed by atoms with van der Waals surface area (Å²) in [6.45, 7) is 5.59. The monoisotopic (exact) mass is 232 g/mol. The van der Waals surface area contributed by atoms with Crippen LogP contribution in [0.1, 0.15) is 19.9 Å². The molecule has 0 aliphatic carbocycles. The predicted octanol–water partition coefficient (Wildman–Crippen LogP) is 1.49. The van der Waals surface area contributed by atoms with Gasteiger partial charge in [-0.05, 0) is 13.8 Å². The molecule has 0 unspecified atom stereocenters. The summed E-state index contributed by atoms with van der Waals surface area (Å²) in [5.41, 5.74) is 0.0134. The number of halogens is 1. The average molecular weight is 233 g/mol. The molecule has 0 spiro atoms. The third-order valence-electron chi connectivity index (χ3n) is 2.13. The lowest BCUT2D eigenvalue weighted by molar-refractivity contribution is 0.139. The van der Waals surface area contributed by atoms with Gasteiger partial charge in [-0.15, -0.1) is 11.6 Å². The molecular weight excluding hydrogens is 216 g/mol. The molecule has 1 aromatic heterocycles. The van der Waals surface area contributed by atoms with Crippen LogP contribution in [-0.2, 0) is 11.3 Å². The van der Waals surface area contributed by atoms with E-state index in [4.69, 9.17) is 16.3 Å². The van der Waals surface area contributed by atoms with Crippen molar-refractivity contribution in [2.45, 2.75) is 26.4 Å². The summed E-state index contributed by atoms with van der Waals surface area (Å²) >= 11 is 5.46. The van der Waals surface area contributed by atoms with Gasteiger partial charge in [-0.3, -0.25) is 9.13 Å². The molecule has 0 atom stereocenters. The van der Waals surface area contributed by atoms with E-state index in [1.54, 1.807) is 21.5 Å². The maximum absolute atomic E-state index is 11.7. The Morgan fingerprint density at radius 2 is 2.13 bits per heavy atom. The van der Waals surface area contributed by atoms with Crippen LogP contribution in [0.5, 0.6) is 0 Å². The third kappa shape index (κ3) is 3.39. The summed E-state index contributed by atoms with van der Waals surface area (Å²) in [5.74, 6) is 0.488. The lowest BCUT2D eigenvalue weighted by atomic mass is 10.4. The van der Waals surface area contributed by atoms with E-state index in [1.807, 2.05) is 13.8 Å². The number of hydrogen-bond donors (Lipinski definition) is 0. The molecule has 0 N–H and O–H groups in total. The van der Waals surface area contributed by atoms with Gasteiger partial charge in [0, 0.05) is 24.3 Å². The molecule has 1 heterocycles. The Morgan fingerprint density at radius 3 is 2.67 bits per heavy atom. The summed E-state index contributed by atoms with van der Waals surface area (Å²) in [7, 11) is 0. The van der Waals surface area contributed by atoms with Gasteiger partial charge in [0.05, 0.1) is 19.8 Å². The van der Waals surface area contributed by atoms with Gasteiger partial charge in [0.15, 0.2) is 0 Å². The Balaban J connectivity index is 2.52. The molecule has 5 heteroatoms. The van der Waals surface area contributed by atoms with E-state index in [9.17, 15) is 4.79 Å². The molecule has 0 fully saturated rings. The minimum absolute atomic E-state index is 0.0134. The van der Waals surface area contributed by atoms with Crippen LogP contribution in [0.4, 0.5) is 0 Å². The molecule has 0 saturated carbocycles. The van der Waals surface area contributed by atoms with Gasteiger partial charge in [0.1, 0.15) is 0 Å². The molecule has 0 saturated heterocycles. The largest absolute Gasteiger partial charge is 0.378 e. The molecule has 0 aliphatic rings. The number of ether oxygens (including phenoxy) is 1. The van der Waals surface area contributed by atoms with Crippen molar-refractivity contribution in [2.24, 2.45) is 0 Å². The minimum atomic E-state index is 0.0134. The van der Waals surface area contributed by atoms with Gasteiger partial charge in [-0.25, -0.2) is 4.79 Å². The maximum atomic E-state index is 11.7. The van der Waals surface area contributed by atoms with E-state index < -0.39 is 0 Å². The summed E-state index contributed by atoms with van der Waals surface area (Å²) in [4.78, 5) is 11.7. The second kappa shape index (κ2) is 5.98. The Bertz CT molecular complexity index is 343. The zero-order valence-corrected chi connectivity index (χ0v) is 9.91. The molecule has 0 bridgehead atoms. The Kier molecular flexibility index (Phi) is 4.91. The number of aromatic nitrogens is 2. The van der Waals surface area contributed by atoms with Crippen molar-refractivity contribution in [3.63, 3.8) is 0 Å². The zero-order valence-electron chi connectivity index (χ0n) is 9.15. The summed E-state index contributed by atoms with van der Waals surface area (Å²) in [6, 6.07) is 0.197. The highest BCUT2D eigenvalue weighted by atomic mass is 35.5. The van der Waals surface area contributed by atoms with Gasteiger partial charge in [-0.2, -0.15) is 0 Å². The first-order valence-corrected chi connectivity index (χ1v) is 5.61. The van der Waals surface area contributed by atoms with E-state index in [2.05, 4.69) is 0 Å². The number of imidazole rings is 1. The number of rotatable bonds is 6. The lowest BCUT2D eigenvalue weighted by Gasteiger charge is -2.05. The van der Waals surface area contributed by atoms with Gasteiger partial charge >= 0.3 is 5.69 Å². The minimum Gasteiger partial charge on any atom is -0.378 e. The lowest BCUT2D eigenvalue weighted by Crippen LogP contribution is -2.26. The Hall–Kier alpha value is -0.740. The first kappa shape index (κ1) is 12.3. The molecule has 4 nitrogen and oxygen atoms in total. The van der Waals surface area contributed by atoms with Crippen LogP contribution in [0.3, 0.4) is 0 Å². The Labute approximate surface area is 94.4 Å². The second-order valence-corrected chi connectivity index (χ2v) is 3.95. The van der Waals surface area contributed by atoms with Crippen LogP contribution in [0.25, 0.3) is 0 Å². The first-order valence-electron chi connectivity index (χ1n) is 5.07. The molecule has 0 aromatic carbocycles. The van der Waals surface area contributed by atoms with E-state index in [1.165, 1.54) is 0 Å². The highest BCUT2D eigenvalue weighted by Gasteiger charge is 2.05. The molecule has 0 aliphatic heterocycles. The van der Waals surface area contributed by atoms with Crippen LogP contribution in [-0.4, -0.2) is 28.2 Å². The highest BCUT2D eigenvalue weighted by Crippen LogP contribution is 1.98. The summed E-state index contributed by atoms with van der Waals surface area (Å²) in [5, 5.41) is 0. The molecular formula is C10H17ClN2O2. The molecule has 1 aromatic rings. The molecule has 1 rings (SSSR count). The zero-order chi connectivity index (χ0) is 11.3. The van der Waals surface area contributed by atoms with Crippen molar-refractivity contribution >= 4 is 11.6 Å². The fourth-order valence-corrected chi connectivity index (χ4v) is 1.42. The second-order valence-electron chi connectivity index (χ2n) is 3.58. The first-order chi connectivity index (χ1) is 7.16. The standard InChI is InChI=1S/C10H17ClN2O2/c1-9(2)13-5-4-12(10(13)14)6-8-15-7-3-11/h4-5,9H,3,6-8H2,1-2H3. The predicted molar refractivity (Wildman–Crippen MR) is 60.6 cm³/mol. The maximum Gasteiger partial charge on any atom is 0.328 e. The summed E-state index contributed by atoms with van der Waals surface area (Å²) < 4.78 is 8.55. The van der Waals surface area contributed by atoms with Crippen molar-refractivity contribution in [1.82, 2.24) is 9.13 Å². The van der Waals surface area contributed by atoms with E-state index >= 15 is 0 Å². The molecule has 86 valence electrons. The van der Waals surface area contributed by atoms with Crippen LogP contribution >= 0.6 is 11.6 Å². The van der Waals surface area contributed by atoms with Gasteiger partial charge < -0.3 is 4.74 Å². The van der Waals surface area contributed by atoms with Crippen molar-refractivity contribution in [2.75, 3.05) is 19.1 Å². The molecule has 0 radical (unpaired) electrons. The van der Waals surface area contributed by atoms with Crippen LogP contribution in [0, 0.1) is 0 Å². The average Bonchev–Trinajstić information content (AvgIpc) is 2.55. The number of hydrogen-bond acceptors (Lipinski definition) is 2. The van der Waals surface area contributed by atoms with Crippen LogP contribution in [0.2, 0.25) is 0 Å². The van der Waals surface area contributed by atoms with Crippen molar-refractivity contribution in [1.29, 1.82) is 0 Å². The fourth-order valence-electron chi connectivity index (χ4n) is 1.31. The number of alkyl halides is 1. The van der Waals surface area contributed by atoms with Crippen molar-refractivity contribution in [3.05, 3.63) is 22.9 Å². The fraction of sp³-hybridized carbons (Fsp3) is 0.700. The summed E-state index contributed by atoms with van der Waals surface area (Å²) in [6.07, 6.45) is 3.58. The van der Waals surface area contributed by atoms with E-state index in [0.717, 1.165) is 0 Å². The Morgan fingerprint density at radius 1 is 1.40 bits per heavy atom. The smallest absolute Gasteiger partial charge is 0.328 e. The molecule has 0 amide bonds. The van der Waals surface area contributed by atoms with Crippen molar-refractivity contribution < 1.29 is 4.74 Å². The quantitative estimate of drug-likeness (QED) is 0.550. The normalized spacial score (nSPS) is 11.2. The van der Waals surface area contributed by atoms with E-state index in [0.29, 0.717) is 25.6 Å². The van der Waals surface area contributed by atoms with Gasteiger partial charge in [0.2, 0.25) is 0 Å². The molecule has 15 heavy (non-hydrogen) atoms. The van der Waals surface area contributed by atoms with Gasteiger partial charge in [0.25, 0.3) is 0 Å². The third-order valence-corrected chi connectivity index (χ3v) is 2.28. The number of nitrogens with zero attached hydrogens (tertiary/aromatic N) is 2. The van der Waals surface area contributed by atoms with Crippen molar-refractivity contribution in [3.8, 4) is 0 Å². The van der Waals surface area contributed by atoms with Gasteiger partial charge in [-0.1, -0.05) is 0 Å².